The smallest absolute Gasteiger partial charge is 0.340 e. The Balaban J connectivity index is 1.86. The Morgan fingerprint density at radius 1 is 1.14 bits per heavy atom. The van der Waals surface area contributed by atoms with Crippen LogP contribution in [-0.4, -0.2) is 18.3 Å². The Hall–Kier alpha value is -2.08. The Morgan fingerprint density at radius 2 is 1.81 bits per heavy atom. The fourth-order valence-corrected chi connectivity index (χ4v) is 2.38. The highest BCUT2D eigenvalue weighted by molar-refractivity contribution is 7.99. The third-order valence-corrected chi connectivity index (χ3v) is 3.62. The van der Waals surface area contributed by atoms with Crippen molar-refractivity contribution < 1.29 is 18.3 Å². The summed E-state index contributed by atoms with van der Waals surface area (Å²) in [6.45, 7) is 0.150. The molecule has 0 aromatic heterocycles. The van der Waals surface area contributed by atoms with Crippen LogP contribution in [0.4, 0.5) is 14.5 Å². The number of anilines is 1. The van der Waals surface area contributed by atoms with Crippen molar-refractivity contribution >= 4 is 23.4 Å². The molecule has 110 valence electrons. The van der Waals surface area contributed by atoms with Crippen LogP contribution in [0.1, 0.15) is 10.4 Å². The molecule has 0 fully saturated rings. The number of hydrogen-bond acceptors (Lipinski definition) is 4. The van der Waals surface area contributed by atoms with E-state index in [-0.39, 0.29) is 17.9 Å². The monoisotopic (exact) mass is 309 g/mol. The molecule has 21 heavy (non-hydrogen) atoms. The number of carbonyl (C=O) groups excluding carboxylic acids is 1. The van der Waals surface area contributed by atoms with E-state index in [1.165, 1.54) is 11.8 Å². The molecule has 6 heteroatoms. The average Bonchev–Trinajstić information content (AvgIpc) is 2.48. The second-order valence-corrected chi connectivity index (χ2v) is 5.32. The molecule has 0 unspecified atom stereocenters. The highest BCUT2D eigenvalue weighted by atomic mass is 32.2. The molecule has 0 saturated heterocycles. The van der Waals surface area contributed by atoms with Gasteiger partial charge in [0, 0.05) is 22.4 Å². The van der Waals surface area contributed by atoms with Gasteiger partial charge < -0.3 is 10.5 Å². The van der Waals surface area contributed by atoms with Gasteiger partial charge in [-0.15, -0.1) is 11.8 Å². The summed E-state index contributed by atoms with van der Waals surface area (Å²) in [6, 6.07) is 11.1. The van der Waals surface area contributed by atoms with Crippen molar-refractivity contribution in [3.63, 3.8) is 0 Å². The molecule has 0 aliphatic carbocycles. The number of esters is 1. The zero-order chi connectivity index (χ0) is 15.2. The van der Waals surface area contributed by atoms with Crippen molar-refractivity contribution in [2.45, 2.75) is 4.90 Å². The number of nitrogens with two attached hydrogens (primary N) is 1. The molecule has 0 aliphatic rings. The van der Waals surface area contributed by atoms with Gasteiger partial charge in [-0.05, 0) is 18.2 Å². The summed E-state index contributed by atoms with van der Waals surface area (Å²) < 4.78 is 31.0. The van der Waals surface area contributed by atoms with Gasteiger partial charge in [0.25, 0.3) is 0 Å². The SMILES string of the molecule is Nc1cc(F)c(F)cc1C(=O)OCCSc1ccccc1. The molecule has 0 aliphatic heterocycles. The molecule has 0 atom stereocenters. The molecule has 3 nitrogen and oxygen atoms in total. The second kappa shape index (κ2) is 7.08. The predicted molar refractivity (Wildman–Crippen MR) is 78.2 cm³/mol. The first-order valence-corrected chi connectivity index (χ1v) is 7.16. The fraction of sp³-hybridized carbons (Fsp3) is 0.133. The zero-order valence-electron chi connectivity index (χ0n) is 11.0. The van der Waals surface area contributed by atoms with Crippen molar-refractivity contribution in [1.29, 1.82) is 0 Å². The number of thioether (sulfide) groups is 1. The summed E-state index contributed by atoms with van der Waals surface area (Å²) in [5, 5.41) is 0. The lowest BCUT2D eigenvalue weighted by molar-refractivity contribution is 0.0531. The molecule has 0 saturated carbocycles. The lowest BCUT2D eigenvalue weighted by atomic mass is 10.1. The Labute approximate surface area is 125 Å². The molecule has 2 rings (SSSR count). The molecule has 0 radical (unpaired) electrons. The molecule has 0 spiro atoms. The number of carbonyl (C=O) groups is 1. The minimum absolute atomic E-state index is 0.144. The van der Waals surface area contributed by atoms with Crippen LogP contribution in [-0.2, 0) is 4.74 Å². The van der Waals surface area contributed by atoms with E-state index >= 15 is 0 Å². The third-order valence-electron chi connectivity index (χ3n) is 2.64. The van der Waals surface area contributed by atoms with Crippen LogP contribution in [0.2, 0.25) is 0 Å². The van der Waals surface area contributed by atoms with Crippen molar-refractivity contribution in [1.82, 2.24) is 0 Å². The standard InChI is InChI=1S/C15H13F2NO2S/c16-12-8-11(14(18)9-13(12)17)15(19)20-6-7-21-10-4-2-1-3-5-10/h1-5,8-9H,6-7,18H2. The first-order valence-electron chi connectivity index (χ1n) is 6.17. The highest BCUT2D eigenvalue weighted by Crippen LogP contribution is 2.19. The van der Waals surface area contributed by atoms with Gasteiger partial charge in [0.1, 0.15) is 6.61 Å². The first kappa shape index (κ1) is 15.3. The second-order valence-electron chi connectivity index (χ2n) is 4.15. The minimum Gasteiger partial charge on any atom is -0.461 e. The largest absolute Gasteiger partial charge is 0.461 e. The molecular weight excluding hydrogens is 296 g/mol. The maximum absolute atomic E-state index is 13.1. The van der Waals surface area contributed by atoms with Gasteiger partial charge >= 0.3 is 5.97 Å². The van der Waals surface area contributed by atoms with E-state index in [0.29, 0.717) is 5.75 Å². The van der Waals surface area contributed by atoms with E-state index in [1.54, 1.807) is 0 Å². The van der Waals surface area contributed by atoms with Gasteiger partial charge in [-0.3, -0.25) is 0 Å². The van der Waals surface area contributed by atoms with Crippen LogP contribution in [0.5, 0.6) is 0 Å². The van der Waals surface area contributed by atoms with Crippen LogP contribution in [0, 0.1) is 11.6 Å². The molecule has 2 aromatic carbocycles. The summed E-state index contributed by atoms with van der Waals surface area (Å²) in [6.07, 6.45) is 0. The lowest BCUT2D eigenvalue weighted by Crippen LogP contribution is -2.11. The Bertz CT molecular complexity index is 635. The van der Waals surface area contributed by atoms with E-state index in [0.717, 1.165) is 17.0 Å². The van der Waals surface area contributed by atoms with Gasteiger partial charge in [0.15, 0.2) is 11.6 Å². The number of rotatable bonds is 5. The van der Waals surface area contributed by atoms with Crippen molar-refractivity contribution in [3.05, 3.63) is 59.7 Å². The van der Waals surface area contributed by atoms with Gasteiger partial charge in [0.2, 0.25) is 0 Å². The van der Waals surface area contributed by atoms with Crippen LogP contribution >= 0.6 is 11.8 Å². The molecule has 0 heterocycles. The number of hydrogen-bond donors (Lipinski definition) is 1. The quantitative estimate of drug-likeness (QED) is 0.397. The van der Waals surface area contributed by atoms with Gasteiger partial charge in [0.05, 0.1) is 5.56 Å². The van der Waals surface area contributed by atoms with E-state index in [9.17, 15) is 13.6 Å². The molecule has 2 aromatic rings. The summed E-state index contributed by atoms with van der Waals surface area (Å²) in [4.78, 5) is 12.8. The van der Waals surface area contributed by atoms with E-state index in [1.807, 2.05) is 30.3 Å². The molecule has 2 N–H and O–H groups in total. The predicted octanol–water partition coefficient (Wildman–Crippen LogP) is 3.50. The third kappa shape index (κ3) is 4.19. The molecule has 0 amide bonds. The normalized spacial score (nSPS) is 10.4. The van der Waals surface area contributed by atoms with Crippen LogP contribution < -0.4 is 5.73 Å². The first-order chi connectivity index (χ1) is 10.1. The van der Waals surface area contributed by atoms with Crippen molar-refractivity contribution in [3.8, 4) is 0 Å². The number of ether oxygens (including phenoxy) is 1. The number of halogens is 2. The Kier molecular flexibility index (Phi) is 5.16. The summed E-state index contributed by atoms with van der Waals surface area (Å²) in [5.41, 5.74) is 5.16. The maximum atomic E-state index is 13.1. The van der Waals surface area contributed by atoms with Crippen molar-refractivity contribution in [2.75, 3.05) is 18.1 Å². The molecule has 0 bridgehead atoms. The average molecular weight is 309 g/mol. The van der Waals surface area contributed by atoms with E-state index in [4.69, 9.17) is 10.5 Å². The van der Waals surface area contributed by atoms with Gasteiger partial charge in [-0.2, -0.15) is 0 Å². The lowest BCUT2D eigenvalue weighted by Gasteiger charge is -2.07. The zero-order valence-corrected chi connectivity index (χ0v) is 11.8. The fourth-order valence-electron chi connectivity index (χ4n) is 1.63. The van der Waals surface area contributed by atoms with Crippen LogP contribution in [0.3, 0.4) is 0 Å². The van der Waals surface area contributed by atoms with Gasteiger partial charge in [-0.25, -0.2) is 13.6 Å². The number of benzene rings is 2. The van der Waals surface area contributed by atoms with E-state index in [2.05, 4.69) is 0 Å². The maximum Gasteiger partial charge on any atom is 0.340 e. The topological polar surface area (TPSA) is 52.3 Å². The Morgan fingerprint density at radius 3 is 2.52 bits per heavy atom. The number of nitrogen functional groups attached to an aromatic ring is 1. The summed E-state index contributed by atoms with van der Waals surface area (Å²) in [7, 11) is 0. The van der Waals surface area contributed by atoms with Crippen LogP contribution in [0.25, 0.3) is 0 Å². The van der Waals surface area contributed by atoms with Crippen LogP contribution in [0.15, 0.2) is 47.4 Å². The minimum atomic E-state index is -1.13. The van der Waals surface area contributed by atoms with E-state index < -0.39 is 17.6 Å². The highest BCUT2D eigenvalue weighted by Gasteiger charge is 2.15. The van der Waals surface area contributed by atoms with Crippen molar-refractivity contribution in [2.24, 2.45) is 0 Å². The molecular formula is C15H13F2NO2S. The summed E-state index contributed by atoms with van der Waals surface area (Å²) >= 11 is 1.52. The van der Waals surface area contributed by atoms with Gasteiger partial charge in [-0.1, -0.05) is 18.2 Å². The summed E-state index contributed by atoms with van der Waals surface area (Å²) in [5.74, 6) is -2.43.